The fraction of sp³-hybridized carbons (Fsp3) is 0.417. The molecule has 170 valence electrons. The van der Waals surface area contributed by atoms with E-state index in [2.05, 4.69) is 16.3 Å². The maximum Gasteiger partial charge on any atom is 0.338 e. The van der Waals surface area contributed by atoms with Crippen LogP contribution in [0.25, 0.3) is 0 Å². The number of nitrogens with zero attached hydrogens (tertiary/aromatic N) is 2. The van der Waals surface area contributed by atoms with E-state index in [1.165, 1.54) is 5.56 Å². The molecule has 2 aromatic rings. The molecule has 32 heavy (non-hydrogen) atoms. The Morgan fingerprint density at radius 2 is 1.75 bits per heavy atom. The van der Waals surface area contributed by atoms with Gasteiger partial charge in [0.25, 0.3) is 0 Å². The topological polar surface area (TPSA) is 80.3 Å². The largest absolute Gasteiger partial charge is 0.462 e. The molecule has 2 heterocycles. The number of anilines is 1. The SMILES string of the molecule is CCCCOC(=O)c1ccc(NC(=O)N2CCN(Cc3ccc4c(c3)OCO4)CC2)cc1. The predicted octanol–water partition coefficient (Wildman–Crippen LogP) is 3.72. The summed E-state index contributed by atoms with van der Waals surface area (Å²) in [6.45, 7) is 6.45. The van der Waals surface area contributed by atoms with Gasteiger partial charge in [-0.2, -0.15) is 0 Å². The number of hydrogen-bond acceptors (Lipinski definition) is 6. The minimum Gasteiger partial charge on any atom is -0.462 e. The normalized spacial score (nSPS) is 15.5. The Morgan fingerprint density at radius 3 is 2.50 bits per heavy atom. The van der Waals surface area contributed by atoms with Crippen molar-refractivity contribution in [3.05, 3.63) is 53.6 Å². The Bertz CT molecular complexity index is 939. The van der Waals surface area contributed by atoms with Crippen molar-refractivity contribution < 1.29 is 23.8 Å². The summed E-state index contributed by atoms with van der Waals surface area (Å²) in [7, 11) is 0. The van der Waals surface area contributed by atoms with Gasteiger partial charge in [-0.15, -0.1) is 0 Å². The fourth-order valence-electron chi connectivity index (χ4n) is 3.69. The highest BCUT2D eigenvalue weighted by molar-refractivity contribution is 5.92. The fourth-order valence-corrected chi connectivity index (χ4v) is 3.69. The minimum absolute atomic E-state index is 0.133. The second-order valence-corrected chi connectivity index (χ2v) is 7.95. The molecular weight excluding hydrogens is 410 g/mol. The molecule has 0 bridgehead atoms. The van der Waals surface area contributed by atoms with Gasteiger partial charge < -0.3 is 24.4 Å². The van der Waals surface area contributed by atoms with Crippen molar-refractivity contribution in [1.82, 2.24) is 9.80 Å². The Balaban J connectivity index is 1.22. The first-order valence-electron chi connectivity index (χ1n) is 11.1. The van der Waals surface area contributed by atoms with Crippen LogP contribution in [0.2, 0.25) is 0 Å². The van der Waals surface area contributed by atoms with Gasteiger partial charge in [0.2, 0.25) is 6.79 Å². The molecule has 2 aromatic carbocycles. The van der Waals surface area contributed by atoms with Crippen molar-refractivity contribution in [3.8, 4) is 11.5 Å². The average molecular weight is 440 g/mol. The van der Waals surface area contributed by atoms with Gasteiger partial charge in [-0.3, -0.25) is 4.90 Å². The van der Waals surface area contributed by atoms with Crippen LogP contribution in [-0.4, -0.2) is 61.4 Å². The first-order valence-corrected chi connectivity index (χ1v) is 11.1. The molecule has 0 spiro atoms. The first kappa shape index (κ1) is 22.0. The highest BCUT2D eigenvalue weighted by Gasteiger charge is 2.22. The molecule has 0 aromatic heterocycles. The van der Waals surface area contributed by atoms with Gasteiger partial charge in [0.05, 0.1) is 12.2 Å². The van der Waals surface area contributed by atoms with Crippen molar-refractivity contribution >= 4 is 17.7 Å². The molecule has 4 rings (SSSR count). The van der Waals surface area contributed by atoms with Crippen LogP contribution in [0.4, 0.5) is 10.5 Å². The number of fused-ring (bicyclic) bond motifs is 1. The number of esters is 1. The van der Waals surface area contributed by atoms with E-state index < -0.39 is 0 Å². The molecule has 2 aliphatic heterocycles. The number of carbonyl (C=O) groups is 2. The Hall–Kier alpha value is -3.26. The summed E-state index contributed by atoms with van der Waals surface area (Å²) in [6, 6.07) is 12.7. The summed E-state index contributed by atoms with van der Waals surface area (Å²) >= 11 is 0. The van der Waals surface area contributed by atoms with E-state index in [4.69, 9.17) is 14.2 Å². The summed E-state index contributed by atoms with van der Waals surface area (Å²) in [4.78, 5) is 28.7. The molecule has 2 amide bonds. The lowest BCUT2D eigenvalue weighted by Gasteiger charge is -2.34. The molecule has 0 unspecified atom stereocenters. The van der Waals surface area contributed by atoms with Crippen LogP contribution in [0, 0.1) is 0 Å². The molecule has 8 heteroatoms. The van der Waals surface area contributed by atoms with E-state index in [1.54, 1.807) is 24.3 Å². The van der Waals surface area contributed by atoms with Gasteiger partial charge in [-0.1, -0.05) is 19.4 Å². The molecule has 1 saturated heterocycles. The van der Waals surface area contributed by atoms with Gasteiger partial charge in [0.15, 0.2) is 11.5 Å². The summed E-state index contributed by atoms with van der Waals surface area (Å²) < 4.78 is 16.0. The van der Waals surface area contributed by atoms with Crippen LogP contribution in [0.1, 0.15) is 35.7 Å². The number of urea groups is 1. The highest BCUT2D eigenvalue weighted by atomic mass is 16.7. The van der Waals surface area contributed by atoms with Crippen molar-refractivity contribution in [2.24, 2.45) is 0 Å². The van der Waals surface area contributed by atoms with Crippen LogP contribution in [0.15, 0.2) is 42.5 Å². The van der Waals surface area contributed by atoms with Crippen LogP contribution in [0.5, 0.6) is 11.5 Å². The molecule has 2 aliphatic rings. The molecule has 8 nitrogen and oxygen atoms in total. The summed E-state index contributed by atoms with van der Waals surface area (Å²) in [5.74, 6) is 1.24. The maximum absolute atomic E-state index is 12.6. The van der Waals surface area contributed by atoms with Crippen molar-refractivity contribution in [2.45, 2.75) is 26.3 Å². The number of hydrogen-bond donors (Lipinski definition) is 1. The van der Waals surface area contributed by atoms with E-state index >= 15 is 0 Å². The smallest absolute Gasteiger partial charge is 0.338 e. The van der Waals surface area contributed by atoms with Crippen LogP contribution in [-0.2, 0) is 11.3 Å². The van der Waals surface area contributed by atoms with E-state index in [-0.39, 0.29) is 18.8 Å². The van der Waals surface area contributed by atoms with Gasteiger partial charge in [-0.25, -0.2) is 9.59 Å². The monoisotopic (exact) mass is 439 g/mol. The number of rotatable bonds is 7. The lowest BCUT2D eigenvalue weighted by atomic mass is 10.1. The van der Waals surface area contributed by atoms with Crippen molar-refractivity contribution in [3.63, 3.8) is 0 Å². The number of amides is 2. The molecule has 0 aliphatic carbocycles. The third-order valence-corrected chi connectivity index (χ3v) is 5.61. The zero-order valence-corrected chi connectivity index (χ0v) is 18.3. The van der Waals surface area contributed by atoms with Crippen LogP contribution < -0.4 is 14.8 Å². The summed E-state index contributed by atoms with van der Waals surface area (Å²) in [5.41, 5.74) is 2.31. The molecule has 1 N–H and O–H groups in total. The number of unbranched alkanes of at least 4 members (excludes halogenated alkanes) is 1. The van der Waals surface area contributed by atoms with Gasteiger partial charge in [0, 0.05) is 38.4 Å². The lowest BCUT2D eigenvalue weighted by molar-refractivity contribution is 0.0499. The van der Waals surface area contributed by atoms with E-state index in [1.807, 2.05) is 24.0 Å². The first-order chi connectivity index (χ1) is 15.6. The van der Waals surface area contributed by atoms with Crippen molar-refractivity contribution in [1.29, 1.82) is 0 Å². The minimum atomic E-state index is -0.338. The Morgan fingerprint density at radius 1 is 1.00 bits per heavy atom. The van der Waals surface area contributed by atoms with E-state index in [9.17, 15) is 9.59 Å². The zero-order chi connectivity index (χ0) is 22.3. The Kier molecular flexibility index (Phi) is 7.11. The highest BCUT2D eigenvalue weighted by Crippen LogP contribution is 2.32. The Labute approximate surface area is 188 Å². The number of carbonyl (C=O) groups excluding carboxylic acids is 2. The predicted molar refractivity (Wildman–Crippen MR) is 120 cm³/mol. The summed E-state index contributed by atoms with van der Waals surface area (Å²) in [6.07, 6.45) is 1.83. The van der Waals surface area contributed by atoms with Gasteiger partial charge >= 0.3 is 12.0 Å². The van der Waals surface area contributed by atoms with Crippen molar-refractivity contribution in [2.75, 3.05) is 44.9 Å². The van der Waals surface area contributed by atoms with Gasteiger partial charge in [0.1, 0.15) is 0 Å². The number of benzene rings is 2. The zero-order valence-electron chi connectivity index (χ0n) is 18.3. The number of piperazine rings is 1. The standard InChI is InChI=1S/C24H29N3O5/c1-2-3-14-30-23(28)19-5-7-20(8-6-19)25-24(29)27-12-10-26(11-13-27)16-18-4-9-21-22(15-18)32-17-31-21/h4-9,15H,2-3,10-14,16-17H2,1H3,(H,25,29). The molecule has 0 saturated carbocycles. The van der Waals surface area contributed by atoms with E-state index in [0.29, 0.717) is 30.9 Å². The maximum atomic E-state index is 12.6. The van der Waals surface area contributed by atoms with Gasteiger partial charge in [-0.05, 0) is 48.4 Å². The molecule has 0 radical (unpaired) electrons. The third kappa shape index (κ3) is 5.50. The third-order valence-electron chi connectivity index (χ3n) is 5.61. The second-order valence-electron chi connectivity index (χ2n) is 7.95. The average Bonchev–Trinajstić information content (AvgIpc) is 3.28. The lowest BCUT2D eigenvalue weighted by Crippen LogP contribution is -2.49. The second kappa shape index (κ2) is 10.4. The quantitative estimate of drug-likeness (QED) is 0.523. The summed E-state index contributed by atoms with van der Waals surface area (Å²) in [5, 5.41) is 2.91. The van der Waals surface area contributed by atoms with E-state index in [0.717, 1.165) is 44.0 Å². The molecular formula is C24H29N3O5. The number of nitrogens with one attached hydrogen (secondary N) is 1. The molecule has 0 atom stereocenters. The molecule has 1 fully saturated rings. The van der Waals surface area contributed by atoms with Crippen LogP contribution in [0.3, 0.4) is 0 Å². The number of ether oxygens (including phenoxy) is 3. The van der Waals surface area contributed by atoms with Crippen LogP contribution >= 0.6 is 0 Å².